The predicted molar refractivity (Wildman–Crippen MR) is 93.7 cm³/mol. The monoisotopic (exact) mass is 381 g/mol. The van der Waals surface area contributed by atoms with Crippen LogP contribution in [0.4, 0.5) is 13.2 Å². The molecule has 0 aliphatic rings. The van der Waals surface area contributed by atoms with Crippen molar-refractivity contribution >= 4 is 22.1 Å². The number of hydrogen-bond donors (Lipinski definition) is 0. The summed E-state index contributed by atoms with van der Waals surface area (Å²) < 4.78 is 51.3. The number of aromatic nitrogens is 1. The van der Waals surface area contributed by atoms with Crippen LogP contribution < -0.4 is 0 Å². The highest BCUT2D eigenvalue weighted by molar-refractivity contribution is 7.84. The predicted octanol–water partition coefficient (Wildman–Crippen LogP) is 5.20. The lowest BCUT2D eigenvalue weighted by Gasteiger charge is -2.18. The fourth-order valence-corrected chi connectivity index (χ4v) is 4.95. The summed E-state index contributed by atoms with van der Waals surface area (Å²) in [5.41, 5.74) is 2.37. The molecule has 2 atom stereocenters. The van der Waals surface area contributed by atoms with Gasteiger partial charge in [0.25, 0.3) is 0 Å². The number of hydrogen-bond acceptors (Lipinski definition) is 3. The maximum absolute atomic E-state index is 13.0. The first-order valence-electron chi connectivity index (χ1n) is 7.42. The van der Waals surface area contributed by atoms with Crippen LogP contribution in [0.3, 0.4) is 0 Å². The van der Waals surface area contributed by atoms with Crippen molar-refractivity contribution in [2.24, 2.45) is 0 Å². The second-order valence-corrected chi connectivity index (χ2v) is 7.90. The Balaban J connectivity index is 1.95. The lowest BCUT2D eigenvalue weighted by atomic mass is 10.0. The largest absolute Gasteiger partial charge is 0.416 e. The van der Waals surface area contributed by atoms with Gasteiger partial charge in [0.15, 0.2) is 0 Å². The lowest BCUT2D eigenvalue weighted by molar-refractivity contribution is -0.137. The standard InChI is InChI=1S/C18H14F3NOS2/c19-18(20,21)15-8-6-14(7-9-15)17(13-4-2-1-3-5-13)25(23)11-16-10-22-12-24-16/h1-10,12,17H,11H2/t17-,25-/m0/s1. The van der Waals surface area contributed by atoms with Crippen molar-refractivity contribution in [3.63, 3.8) is 0 Å². The first-order valence-corrected chi connectivity index (χ1v) is 9.68. The van der Waals surface area contributed by atoms with Crippen molar-refractivity contribution in [1.82, 2.24) is 4.98 Å². The van der Waals surface area contributed by atoms with Crippen LogP contribution in [-0.4, -0.2) is 9.19 Å². The molecule has 7 heteroatoms. The minimum absolute atomic E-state index is 0.311. The first-order chi connectivity index (χ1) is 11.9. The summed E-state index contributed by atoms with van der Waals surface area (Å²) in [4.78, 5) is 4.86. The lowest BCUT2D eigenvalue weighted by Crippen LogP contribution is -2.11. The quantitative estimate of drug-likeness (QED) is 0.608. The van der Waals surface area contributed by atoms with Crippen LogP contribution in [0, 0.1) is 0 Å². The molecule has 1 heterocycles. The van der Waals surface area contributed by atoms with Crippen LogP contribution in [0.25, 0.3) is 0 Å². The molecule has 0 spiro atoms. The van der Waals surface area contributed by atoms with Gasteiger partial charge in [-0.05, 0) is 23.3 Å². The van der Waals surface area contributed by atoms with Gasteiger partial charge >= 0.3 is 6.18 Å². The Morgan fingerprint density at radius 3 is 2.20 bits per heavy atom. The molecule has 0 aliphatic carbocycles. The SMILES string of the molecule is O=[S@@](Cc1cncs1)[C@@H](c1ccccc1)c1ccc(C(F)(F)F)cc1. The molecule has 0 radical (unpaired) electrons. The van der Waals surface area contributed by atoms with E-state index in [1.54, 1.807) is 11.7 Å². The summed E-state index contributed by atoms with van der Waals surface area (Å²) in [7, 11) is -1.33. The van der Waals surface area contributed by atoms with Gasteiger partial charge in [-0.1, -0.05) is 42.5 Å². The molecule has 0 saturated carbocycles. The second-order valence-electron chi connectivity index (χ2n) is 5.40. The third-order valence-corrected chi connectivity index (χ3v) is 6.30. The van der Waals surface area contributed by atoms with Crippen LogP contribution in [0.15, 0.2) is 66.3 Å². The number of alkyl halides is 3. The molecule has 3 rings (SSSR count). The molecule has 0 saturated heterocycles. The van der Waals surface area contributed by atoms with Crippen molar-refractivity contribution in [1.29, 1.82) is 0 Å². The van der Waals surface area contributed by atoms with E-state index in [2.05, 4.69) is 4.98 Å². The van der Waals surface area contributed by atoms with Crippen LogP contribution in [0.1, 0.15) is 26.8 Å². The van der Waals surface area contributed by atoms with E-state index >= 15 is 0 Å². The number of rotatable bonds is 5. The summed E-state index contributed by atoms with van der Waals surface area (Å²) in [5, 5.41) is -0.495. The highest BCUT2D eigenvalue weighted by atomic mass is 32.2. The minimum Gasteiger partial charge on any atom is -0.258 e. The Hall–Kier alpha value is -1.99. The number of benzene rings is 2. The average molecular weight is 381 g/mol. The third kappa shape index (κ3) is 4.35. The molecule has 0 bridgehead atoms. The summed E-state index contributed by atoms with van der Waals surface area (Å²) in [6, 6.07) is 14.1. The van der Waals surface area contributed by atoms with E-state index in [0.717, 1.165) is 22.6 Å². The maximum atomic E-state index is 13.0. The third-order valence-electron chi connectivity index (χ3n) is 3.67. The highest BCUT2D eigenvalue weighted by Gasteiger charge is 2.31. The topological polar surface area (TPSA) is 30.0 Å². The molecule has 0 fully saturated rings. The van der Waals surface area contributed by atoms with E-state index in [9.17, 15) is 17.4 Å². The summed E-state index contributed by atoms with van der Waals surface area (Å²) in [6.45, 7) is 0. The van der Waals surface area contributed by atoms with Crippen molar-refractivity contribution < 1.29 is 17.4 Å². The van der Waals surface area contributed by atoms with Gasteiger partial charge in [-0.2, -0.15) is 13.2 Å². The molecule has 130 valence electrons. The number of thiazole rings is 1. The number of nitrogens with zero attached hydrogens (tertiary/aromatic N) is 1. The van der Waals surface area contributed by atoms with Gasteiger partial charge in [-0.25, -0.2) is 0 Å². The molecule has 3 aromatic rings. The fourth-order valence-electron chi connectivity index (χ4n) is 2.51. The van der Waals surface area contributed by atoms with E-state index in [1.165, 1.54) is 23.5 Å². The highest BCUT2D eigenvalue weighted by Crippen LogP contribution is 2.34. The van der Waals surface area contributed by atoms with Gasteiger partial charge in [-0.3, -0.25) is 9.19 Å². The van der Waals surface area contributed by atoms with Gasteiger partial charge in [-0.15, -0.1) is 11.3 Å². The van der Waals surface area contributed by atoms with Gasteiger partial charge in [0.05, 0.1) is 22.1 Å². The van der Waals surface area contributed by atoms with Crippen LogP contribution in [0.5, 0.6) is 0 Å². The summed E-state index contributed by atoms with van der Waals surface area (Å²) in [5.74, 6) is 0.311. The van der Waals surface area contributed by atoms with Crippen LogP contribution in [0.2, 0.25) is 0 Å². The van der Waals surface area contributed by atoms with Crippen molar-refractivity contribution in [3.05, 3.63) is 87.9 Å². The van der Waals surface area contributed by atoms with E-state index in [4.69, 9.17) is 0 Å². The minimum atomic E-state index is -4.39. The Morgan fingerprint density at radius 1 is 1.00 bits per heavy atom. The Kier molecular flexibility index (Phi) is 5.34. The zero-order valence-corrected chi connectivity index (χ0v) is 14.6. The zero-order chi connectivity index (χ0) is 17.9. The van der Waals surface area contributed by atoms with Gasteiger partial charge in [0.1, 0.15) is 0 Å². The van der Waals surface area contributed by atoms with E-state index < -0.39 is 27.8 Å². The smallest absolute Gasteiger partial charge is 0.258 e. The van der Waals surface area contributed by atoms with Crippen LogP contribution in [-0.2, 0) is 22.7 Å². The van der Waals surface area contributed by atoms with Gasteiger partial charge < -0.3 is 0 Å². The summed E-state index contributed by atoms with van der Waals surface area (Å²) in [6.07, 6.45) is -2.72. The molecule has 0 amide bonds. The maximum Gasteiger partial charge on any atom is 0.416 e. The molecule has 25 heavy (non-hydrogen) atoms. The Labute approximate surface area is 149 Å². The van der Waals surface area contributed by atoms with E-state index in [1.807, 2.05) is 30.3 Å². The molecule has 2 nitrogen and oxygen atoms in total. The van der Waals surface area contributed by atoms with E-state index in [0.29, 0.717) is 11.3 Å². The normalized spacial score (nSPS) is 14.2. The van der Waals surface area contributed by atoms with Crippen molar-refractivity contribution in [2.45, 2.75) is 17.2 Å². The van der Waals surface area contributed by atoms with Gasteiger partial charge in [0, 0.05) is 21.9 Å². The van der Waals surface area contributed by atoms with Crippen molar-refractivity contribution in [2.75, 3.05) is 0 Å². The fraction of sp³-hybridized carbons (Fsp3) is 0.167. The molecule has 0 unspecified atom stereocenters. The summed E-state index contributed by atoms with van der Waals surface area (Å²) >= 11 is 1.41. The average Bonchev–Trinajstić information content (AvgIpc) is 3.09. The molecular formula is C18H14F3NOS2. The first kappa shape index (κ1) is 17.8. The Bertz CT molecular complexity index is 831. The Morgan fingerprint density at radius 2 is 1.64 bits per heavy atom. The van der Waals surface area contributed by atoms with E-state index in [-0.39, 0.29) is 0 Å². The molecular weight excluding hydrogens is 367 g/mol. The van der Waals surface area contributed by atoms with Crippen LogP contribution >= 0.6 is 11.3 Å². The molecule has 2 aromatic carbocycles. The number of halogens is 3. The molecule has 0 N–H and O–H groups in total. The van der Waals surface area contributed by atoms with Crippen molar-refractivity contribution in [3.8, 4) is 0 Å². The molecule has 0 aliphatic heterocycles. The molecule has 1 aromatic heterocycles. The van der Waals surface area contributed by atoms with Gasteiger partial charge in [0.2, 0.25) is 0 Å². The second kappa shape index (κ2) is 7.49. The zero-order valence-electron chi connectivity index (χ0n) is 12.9.